The number of hydrogen-bond donors (Lipinski definition) is 1. The largest absolute Gasteiger partial charge is 0.465 e. The molecule has 0 aliphatic heterocycles. The molecular formula is C19H21NO3. The van der Waals surface area contributed by atoms with E-state index in [4.69, 9.17) is 9.72 Å². The summed E-state index contributed by atoms with van der Waals surface area (Å²) < 4.78 is 4.77. The van der Waals surface area contributed by atoms with Crippen molar-refractivity contribution in [1.29, 1.82) is 0 Å². The SMILES string of the molecule is COC(=O)c1ccc2nc(C34CCC(O)(CC3)CC4)ccc2c1. The number of benzene rings is 1. The Morgan fingerprint density at radius 3 is 2.43 bits per heavy atom. The Bertz CT molecular complexity index is 759. The monoisotopic (exact) mass is 311 g/mol. The second-order valence-electron chi connectivity index (χ2n) is 7.10. The van der Waals surface area contributed by atoms with Crippen molar-refractivity contribution < 1.29 is 14.6 Å². The molecule has 4 nitrogen and oxygen atoms in total. The fourth-order valence-corrected chi connectivity index (χ4v) is 4.22. The van der Waals surface area contributed by atoms with E-state index < -0.39 is 5.60 Å². The third-order valence-corrected chi connectivity index (χ3v) is 5.86. The minimum Gasteiger partial charge on any atom is -0.465 e. The Labute approximate surface area is 135 Å². The van der Waals surface area contributed by atoms with Crippen molar-refractivity contribution >= 4 is 16.9 Å². The zero-order chi connectivity index (χ0) is 16.1. The molecule has 3 fully saturated rings. The van der Waals surface area contributed by atoms with Gasteiger partial charge >= 0.3 is 5.97 Å². The predicted octanol–water partition coefficient (Wildman–Crippen LogP) is 3.36. The lowest BCUT2D eigenvalue weighted by atomic mass is 9.57. The summed E-state index contributed by atoms with van der Waals surface area (Å²) >= 11 is 0. The highest BCUT2D eigenvalue weighted by atomic mass is 16.5. The number of rotatable bonds is 2. The van der Waals surface area contributed by atoms with Gasteiger partial charge in [-0.15, -0.1) is 0 Å². The highest BCUT2D eigenvalue weighted by Crippen LogP contribution is 2.53. The van der Waals surface area contributed by atoms with E-state index in [9.17, 15) is 9.90 Å². The van der Waals surface area contributed by atoms with Gasteiger partial charge in [-0.05, 0) is 62.8 Å². The van der Waals surface area contributed by atoms with Gasteiger partial charge in [0.05, 0.1) is 23.8 Å². The van der Waals surface area contributed by atoms with Crippen LogP contribution >= 0.6 is 0 Å². The Morgan fingerprint density at radius 2 is 1.78 bits per heavy atom. The first-order chi connectivity index (χ1) is 11.0. The molecule has 2 aromatic rings. The molecule has 0 saturated heterocycles. The van der Waals surface area contributed by atoms with Gasteiger partial charge in [-0.1, -0.05) is 6.07 Å². The summed E-state index contributed by atoms with van der Waals surface area (Å²) in [5, 5.41) is 11.3. The van der Waals surface area contributed by atoms with Crippen molar-refractivity contribution in [2.75, 3.05) is 7.11 Å². The van der Waals surface area contributed by atoms with E-state index in [1.165, 1.54) is 7.11 Å². The fourth-order valence-electron chi connectivity index (χ4n) is 4.22. The number of nitrogens with zero attached hydrogens (tertiary/aromatic N) is 1. The minimum absolute atomic E-state index is 0.125. The van der Waals surface area contributed by atoms with Crippen LogP contribution in [0.2, 0.25) is 0 Å². The van der Waals surface area contributed by atoms with Crippen molar-refractivity contribution in [3.63, 3.8) is 0 Å². The van der Waals surface area contributed by atoms with Crippen molar-refractivity contribution in [1.82, 2.24) is 4.98 Å². The van der Waals surface area contributed by atoms with Gasteiger partial charge in [0.15, 0.2) is 0 Å². The number of fused-ring (bicyclic) bond motifs is 4. The number of carbonyl (C=O) groups excluding carboxylic acids is 1. The molecular weight excluding hydrogens is 290 g/mol. The first-order valence-electron chi connectivity index (χ1n) is 8.26. The smallest absolute Gasteiger partial charge is 0.337 e. The number of carbonyl (C=O) groups is 1. The van der Waals surface area contributed by atoms with E-state index >= 15 is 0 Å². The Morgan fingerprint density at radius 1 is 1.09 bits per heavy atom. The lowest BCUT2D eigenvalue weighted by molar-refractivity contribution is -0.0669. The van der Waals surface area contributed by atoms with E-state index in [1.54, 1.807) is 6.07 Å². The van der Waals surface area contributed by atoms with Gasteiger partial charge in [0.2, 0.25) is 0 Å². The molecule has 23 heavy (non-hydrogen) atoms. The summed E-state index contributed by atoms with van der Waals surface area (Å²) in [6.07, 6.45) is 5.70. The van der Waals surface area contributed by atoms with Crippen LogP contribution in [0.4, 0.5) is 0 Å². The summed E-state index contributed by atoms with van der Waals surface area (Å²) in [6, 6.07) is 9.64. The quantitative estimate of drug-likeness (QED) is 0.864. The van der Waals surface area contributed by atoms with Crippen LogP contribution in [0.15, 0.2) is 30.3 Å². The number of aliphatic hydroxyl groups is 1. The molecule has 0 amide bonds. The first-order valence-corrected chi connectivity index (χ1v) is 8.26. The molecule has 1 aromatic heterocycles. The summed E-state index contributed by atoms with van der Waals surface area (Å²) in [7, 11) is 1.39. The highest BCUT2D eigenvalue weighted by Gasteiger charge is 2.49. The molecule has 3 aliphatic rings. The van der Waals surface area contributed by atoms with Gasteiger partial charge in [0, 0.05) is 16.5 Å². The molecule has 2 bridgehead atoms. The van der Waals surface area contributed by atoms with Gasteiger partial charge < -0.3 is 9.84 Å². The number of hydrogen-bond acceptors (Lipinski definition) is 4. The number of aromatic nitrogens is 1. The Kier molecular flexibility index (Phi) is 3.20. The Hall–Kier alpha value is -1.94. The predicted molar refractivity (Wildman–Crippen MR) is 87.4 cm³/mol. The van der Waals surface area contributed by atoms with Gasteiger partial charge in [-0.25, -0.2) is 4.79 Å². The summed E-state index contributed by atoms with van der Waals surface area (Å²) in [4.78, 5) is 16.5. The molecule has 0 atom stereocenters. The van der Waals surface area contributed by atoms with Crippen LogP contribution in [0.3, 0.4) is 0 Å². The number of pyridine rings is 1. The average Bonchev–Trinajstić information content (AvgIpc) is 2.61. The normalized spacial score (nSPS) is 29.7. The van der Waals surface area contributed by atoms with Crippen LogP contribution in [0.25, 0.3) is 10.9 Å². The van der Waals surface area contributed by atoms with Crippen molar-refractivity contribution in [3.8, 4) is 0 Å². The number of ether oxygens (including phenoxy) is 1. The van der Waals surface area contributed by atoms with E-state index in [2.05, 4.69) is 6.07 Å². The van der Waals surface area contributed by atoms with E-state index in [0.29, 0.717) is 5.56 Å². The number of esters is 1. The average molecular weight is 311 g/mol. The number of methoxy groups -OCH3 is 1. The van der Waals surface area contributed by atoms with Gasteiger partial charge in [-0.2, -0.15) is 0 Å². The zero-order valence-electron chi connectivity index (χ0n) is 13.3. The maximum absolute atomic E-state index is 11.6. The van der Waals surface area contributed by atoms with E-state index in [-0.39, 0.29) is 11.4 Å². The second kappa shape index (κ2) is 5.03. The van der Waals surface area contributed by atoms with Crippen LogP contribution < -0.4 is 0 Å². The lowest BCUT2D eigenvalue weighted by Crippen LogP contribution is -2.48. The second-order valence-corrected chi connectivity index (χ2v) is 7.10. The van der Waals surface area contributed by atoms with Gasteiger partial charge in [-0.3, -0.25) is 4.98 Å². The third kappa shape index (κ3) is 2.32. The summed E-state index contributed by atoms with van der Waals surface area (Å²) in [6.45, 7) is 0. The molecule has 120 valence electrons. The van der Waals surface area contributed by atoms with Crippen molar-refractivity contribution in [3.05, 3.63) is 41.6 Å². The van der Waals surface area contributed by atoms with Gasteiger partial charge in [0.25, 0.3) is 0 Å². The Balaban J connectivity index is 1.71. The molecule has 0 unspecified atom stereocenters. The maximum atomic E-state index is 11.6. The van der Waals surface area contributed by atoms with Crippen molar-refractivity contribution in [2.45, 2.75) is 49.5 Å². The molecule has 0 spiro atoms. The van der Waals surface area contributed by atoms with Gasteiger partial charge in [0.1, 0.15) is 0 Å². The molecule has 5 rings (SSSR count). The van der Waals surface area contributed by atoms with Crippen LogP contribution in [0, 0.1) is 0 Å². The topological polar surface area (TPSA) is 59.4 Å². The molecule has 1 aromatic carbocycles. The zero-order valence-corrected chi connectivity index (χ0v) is 13.3. The molecule has 3 aliphatic carbocycles. The summed E-state index contributed by atoms with van der Waals surface area (Å²) in [5.41, 5.74) is 2.30. The third-order valence-electron chi connectivity index (χ3n) is 5.86. The lowest BCUT2D eigenvalue weighted by Gasteiger charge is -2.50. The van der Waals surface area contributed by atoms with Crippen LogP contribution in [-0.4, -0.2) is 28.8 Å². The van der Waals surface area contributed by atoms with Crippen LogP contribution in [0.1, 0.15) is 54.6 Å². The highest BCUT2D eigenvalue weighted by molar-refractivity contribution is 5.94. The maximum Gasteiger partial charge on any atom is 0.337 e. The first kappa shape index (κ1) is 14.6. The molecule has 1 heterocycles. The van der Waals surface area contributed by atoms with E-state index in [0.717, 1.165) is 55.1 Å². The minimum atomic E-state index is -0.423. The fraction of sp³-hybridized carbons (Fsp3) is 0.474. The molecule has 1 N–H and O–H groups in total. The molecule has 3 saturated carbocycles. The molecule has 0 radical (unpaired) electrons. The summed E-state index contributed by atoms with van der Waals surface area (Å²) in [5.74, 6) is -0.326. The van der Waals surface area contributed by atoms with Crippen molar-refractivity contribution in [2.24, 2.45) is 0 Å². The van der Waals surface area contributed by atoms with Crippen LogP contribution in [-0.2, 0) is 10.2 Å². The van der Waals surface area contributed by atoms with Crippen LogP contribution in [0.5, 0.6) is 0 Å². The van der Waals surface area contributed by atoms with E-state index in [1.807, 2.05) is 18.2 Å². The molecule has 4 heteroatoms. The standard InChI is InChI=1S/C19H21NO3/c1-23-17(21)14-2-4-15-13(12-14)3-5-16(20-15)18-6-9-19(22,10-7-18)11-8-18/h2-5,12,22H,6-11H2,1H3.